The van der Waals surface area contributed by atoms with Crippen molar-refractivity contribution in [3.8, 4) is 11.3 Å². The number of piperidine rings is 1. The fraction of sp³-hybridized carbons (Fsp3) is 0.389. The van der Waals surface area contributed by atoms with Gasteiger partial charge in [0.2, 0.25) is 5.91 Å². The van der Waals surface area contributed by atoms with Gasteiger partial charge < -0.3 is 4.90 Å². The van der Waals surface area contributed by atoms with E-state index >= 15 is 0 Å². The van der Waals surface area contributed by atoms with Crippen LogP contribution in [-0.4, -0.2) is 33.4 Å². The maximum Gasteiger partial charge on any atom is 0.227 e. The normalized spacial score (nSPS) is 18.2. The van der Waals surface area contributed by atoms with E-state index in [2.05, 4.69) is 16.9 Å². The highest BCUT2D eigenvalue weighted by Gasteiger charge is 2.22. The van der Waals surface area contributed by atoms with Crippen LogP contribution in [0.4, 0.5) is 0 Å². The third-order valence-corrected chi connectivity index (χ3v) is 4.31. The average molecular weight is 295 g/mol. The van der Waals surface area contributed by atoms with Crippen LogP contribution < -0.4 is 0 Å². The lowest BCUT2D eigenvalue weighted by Crippen LogP contribution is -2.42. The quantitative estimate of drug-likeness (QED) is 0.874. The van der Waals surface area contributed by atoms with Gasteiger partial charge in [0.05, 0.1) is 12.1 Å². The van der Waals surface area contributed by atoms with Crippen LogP contribution in [0.5, 0.6) is 0 Å². The number of hydrogen-bond donors (Lipinski definition) is 0. The number of nitrogens with zero attached hydrogens (tertiary/aromatic N) is 3. The van der Waals surface area contributed by atoms with E-state index in [1.54, 1.807) is 12.5 Å². The topological polar surface area (TPSA) is 46.1 Å². The Kier molecular flexibility index (Phi) is 4.47. The van der Waals surface area contributed by atoms with Crippen LogP contribution in [0.1, 0.15) is 31.7 Å². The van der Waals surface area contributed by atoms with Crippen molar-refractivity contribution in [2.75, 3.05) is 6.54 Å². The number of benzene rings is 1. The molecule has 0 saturated carbocycles. The standard InChI is InChI=1S/C18H21N3O/c1-14-4-2-3-11-21(14)18(22)12-15-5-7-16(8-6-15)17-9-10-19-13-20-17/h5-10,13-14H,2-4,11-12H2,1H3/t14-/m0/s1. The van der Waals surface area contributed by atoms with Crippen LogP contribution >= 0.6 is 0 Å². The molecule has 1 aliphatic heterocycles. The Labute approximate surface area is 131 Å². The molecule has 1 amide bonds. The van der Waals surface area contributed by atoms with E-state index in [-0.39, 0.29) is 5.91 Å². The minimum atomic E-state index is 0.238. The molecule has 1 saturated heterocycles. The Morgan fingerprint density at radius 3 is 2.73 bits per heavy atom. The van der Waals surface area contributed by atoms with Crippen LogP contribution in [0.25, 0.3) is 11.3 Å². The summed E-state index contributed by atoms with van der Waals surface area (Å²) in [6.07, 6.45) is 7.25. The number of likely N-dealkylation sites (tertiary alicyclic amines) is 1. The minimum Gasteiger partial charge on any atom is -0.340 e. The first-order chi connectivity index (χ1) is 10.7. The molecule has 0 spiro atoms. The van der Waals surface area contributed by atoms with Gasteiger partial charge in [0.1, 0.15) is 6.33 Å². The van der Waals surface area contributed by atoms with E-state index in [0.717, 1.165) is 36.2 Å². The second kappa shape index (κ2) is 6.69. The van der Waals surface area contributed by atoms with Crippen molar-refractivity contribution < 1.29 is 4.79 Å². The summed E-state index contributed by atoms with van der Waals surface area (Å²) >= 11 is 0. The Morgan fingerprint density at radius 2 is 2.05 bits per heavy atom. The van der Waals surface area contributed by atoms with Gasteiger partial charge in [-0.3, -0.25) is 4.79 Å². The monoisotopic (exact) mass is 295 g/mol. The van der Waals surface area contributed by atoms with E-state index < -0.39 is 0 Å². The van der Waals surface area contributed by atoms with Gasteiger partial charge in [0, 0.05) is 24.3 Å². The maximum atomic E-state index is 12.4. The summed E-state index contributed by atoms with van der Waals surface area (Å²) in [5, 5.41) is 0. The lowest BCUT2D eigenvalue weighted by Gasteiger charge is -2.33. The molecule has 1 aliphatic rings. The maximum absolute atomic E-state index is 12.4. The van der Waals surface area contributed by atoms with Gasteiger partial charge in [-0.05, 0) is 37.8 Å². The Morgan fingerprint density at radius 1 is 1.23 bits per heavy atom. The first-order valence-corrected chi connectivity index (χ1v) is 7.89. The highest BCUT2D eigenvalue weighted by atomic mass is 16.2. The van der Waals surface area contributed by atoms with E-state index in [0.29, 0.717) is 12.5 Å². The largest absolute Gasteiger partial charge is 0.340 e. The van der Waals surface area contributed by atoms with Gasteiger partial charge in [-0.15, -0.1) is 0 Å². The Balaban J connectivity index is 1.67. The van der Waals surface area contributed by atoms with Crippen molar-refractivity contribution in [1.29, 1.82) is 0 Å². The van der Waals surface area contributed by atoms with Crippen LogP contribution in [-0.2, 0) is 11.2 Å². The minimum absolute atomic E-state index is 0.238. The van der Waals surface area contributed by atoms with Crippen LogP contribution in [0, 0.1) is 0 Å². The molecule has 0 radical (unpaired) electrons. The van der Waals surface area contributed by atoms with E-state index in [4.69, 9.17) is 0 Å². The molecular weight excluding hydrogens is 274 g/mol. The van der Waals surface area contributed by atoms with Crippen molar-refractivity contribution in [1.82, 2.24) is 14.9 Å². The highest BCUT2D eigenvalue weighted by molar-refractivity contribution is 5.79. The summed E-state index contributed by atoms with van der Waals surface area (Å²) in [6.45, 7) is 3.05. The second-order valence-electron chi connectivity index (χ2n) is 5.90. The van der Waals surface area contributed by atoms with Crippen LogP contribution in [0.3, 0.4) is 0 Å². The summed E-state index contributed by atoms with van der Waals surface area (Å²) in [4.78, 5) is 22.6. The number of aromatic nitrogens is 2. The molecule has 1 fully saturated rings. The van der Waals surface area contributed by atoms with Crippen molar-refractivity contribution in [3.05, 3.63) is 48.4 Å². The van der Waals surface area contributed by atoms with Crippen LogP contribution in [0.2, 0.25) is 0 Å². The molecule has 22 heavy (non-hydrogen) atoms. The van der Waals surface area contributed by atoms with Gasteiger partial charge in [-0.2, -0.15) is 0 Å². The number of carbonyl (C=O) groups is 1. The molecule has 1 atom stereocenters. The van der Waals surface area contributed by atoms with E-state index in [9.17, 15) is 4.79 Å². The summed E-state index contributed by atoms with van der Waals surface area (Å²) < 4.78 is 0. The third kappa shape index (κ3) is 3.32. The lowest BCUT2D eigenvalue weighted by atomic mass is 10.0. The molecular formula is C18H21N3O. The van der Waals surface area contributed by atoms with Gasteiger partial charge in [-0.25, -0.2) is 9.97 Å². The molecule has 114 valence electrons. The highest BCUT2D eigenvalue weighted by Crippen LogP contribution is 2.20. The molecule has 0 aliphatic carbocycles. The predicted octanol–water partition coefficient (Wildman–Crippen LogP) is 3.09. The fourth-order valence-corrected chi connectivity index (χ4v) is 3.00. The van der Waals surface area contributed by atoms with Gasteiger partial charge >= 0.3 is 0 Å². The number of rotatable bonds is 3. The smallest absolute Gasteiger partial charge is 0.227 e. The summed E-state index contributed by atoms with van der Waals surface area (Å²) in [6, 6.07) is 10.3. The first kappa shape index (κ1) is 14.7. The number of hydrogen-bond acceptors (Lipinski definition) is 3. The van der Waals surface area contributed by atoms with E-state index in [1.165, 1.54) is 6.42 Å². The molecule has 2 aromatic rings. The zero-order valence-corrected chi connectivity index (χ0v) is 12.9. The summed E-state index contributed by atoms with van der Waals surface area (Å²) in [5.41, 5.74) is 3.00. The SMILES string of the molecule is C[C@H]1CCCCN1C(=O)Cc1ccc(-c2ccncn2)cc1. The molecule has 4 nitrogen and oxygen atoms in total. The Hall–Kier alpha value is -2.23. The number of amides is 1. The molecule has 1 aromatic heterocycles. The predicted molar refractivity (Wildman–Crippen MR) is 86.2 cm³/mol. The number of carbonyl (C=O) groups excluding carboxylic acids is 1. The van der Waals surface area contributed by atoms with Crippen molar-refractivity contribution >= 4 is 5.91 Å². The molecule has 1 aromatic carbocycles. The zero-order valence-electron chi connectivity index (χ0n) is 12.9. The van der Waals surface area contributed by atoms with Gasteiger partial charge in [-0.1, -0.05) is 24.3 Å². The fourth-order valence-electron chi connectivity index (χ4n) is 3.00. The second-order valence-corrected chi connectivity index (χ2v) is 5.90. The van der Waals surface area contributed by atoms with Crippen molar-refractivity contribution in [2.24, 2.45) is 0 Å². The molecule has 4 heteroatoms. The van der Waals surface area contributed by atoms with Gasteiger partial charge in [0.25, 0.3) is 0 Å². The zero-order chi connectivity index (χ0) is 15.4. The average Bonchev–Trinajstić information content (AvgIpc) is 2.57. The third-order valence-electron chi connectivity index (χ3n) is 4.31. The van der Waals surface area contributed by atoms with E-state index in [1.807, 2.05) is 35.2 Å². The molecule has 3 rings (SSSR count). The van der Waals surface area contributed by atoms with Crippen molar-refractivity contribution in [2.45, 2.75) is 38.6 Å². The molecule has 0 N–H and O–H groups in total. The summed E-state index contributed by atoms with van der Waals surface area (Å²) in [5.74, 6) is 0.238. The molecule has 0 unspecified atom stereocenters. The summed E-state index contributed by atoms with van der Waals surface area (Å²) in [7, 11) is 0. The van der Waals surface area contributed by atoms with Crippen LogP contribution in [0.15, 0.2) is 42.9 Å². The lowest BCUT2D eigenvalue weighted by molar-refractivity contribution is -0.133. The molecule has 2 heterocycles. The first-order valence-electron chi connectivity index (χ1n) is 7.89. The van der Waals surface area contributed by atoms with Gasteiger partial charge in [0.15, 0.2) is 0 Å². The molecule has 0 bridgehead atoms. The van der Waals surface area contributed by atoms with Crippen molar-refractivity contribution in [3.63, 3.8) is 0 Å². The Bertz CT molecular complexity index is 625.